The smallest absolute Gasteiger partial charge is 0.344 e. The molecule has 4 heteroatoms. The van der Waals surface area contributed by atoms with Gasteiger partial charge in [0.1, 0.15) is 0 Å². The Morgan fingerprint density at radius 2 is 0.958 bits per heavy atom. The van der Waals surface area contributed by atoms with E-state index in [1.165, 1.54) is 6.92 Å². The fourth-order valence-corrected chi connectivity index (χ4v) is 13.7. The number of rotatable bonds is 4. The van der Waals surface area contributed by atoms with Crippen molar-refractivity contribution in [2.45, 2.75) is 6.92 Å². The van der Waals surface area contributed by atoms with Gasteiger partial charge in [-0.1, -0.05) is 0 Å². The van der Waals surface area contributed by atoms with E-state index in [0.29, 0.717) is 0 Å². The van der Waals surface area contributed by atoms with Crippen LogP contribution in [0.1, 0.15) is 6.92 Å². The van der Waals surface area contributed by atoms with Gasteiger partial charge < -0.3 is 6.15 Å². The minimum Gasteiger partial charge on any atom is -0.344 e. The topological polar surface area (TPSA) is 61.3 Å². The van der Waals surface area contributed by atoms with Crippen LogP contribution in [0.25, 0.3) is 0 Å². The molecule has 24 heavy (non-hydrogen) atoms. The molecule has 3 nitrogen and oxygen atoms in total. The second-order valence-electron chi connectivity index (χ2n) is 5.37. The molecule has 0 aliphatic heterocycles. The van der Waals surface area contributed by atoms with Crippen molar-refractivity contribution in [2.24, 2.45) is 0 Å². The van der Waals surface area contributed by atoms with E-state index in [4.69, 9.17) is 3.07 Å². The fourth-order valence-electron chi connectivity index (χ4n) is 2.91. The largest absolute Gasteiger partial charge is 0.344 e. The summed E-state index contributed by atoms with van der Waals surface area (Å²) >= 11 is -3.80. The van der Waals surface area contributed by atoms with Gasteiger partial charge in [0.25, 0.3) is 0 Å². The predicted molar refractivity (Wildman–Crippen MR) is 101 cm³/mol. The van der Waals surface area contributed by atoms with Crippen molar-refractivity contribution in [3.05, 3.63) is 91.0 Å². The van der Waals surface area contributed by atoms with Crippen molar-refractivity contribution < 1.29 is 7.87 Å². The quantitative estimate of drug-likeness (QED) is 0.652. The van der Waals surface area contributed by atoms with E-state index < -0.39 is 18.8 Å². The van der Waals surface area contributed by atoms with E-state index in [9.17, 15) is 4.79 Å². The molecule has 0 saturated heterocycles. The van der Waals surface area contributed by atoms with Crippen LogP contribution in [0.3, 0.4) is 0 Å². The van der Waals surface area contributed by atoms with Gasteiger partial charge in [-0.05, 0) is 0 Å². The molecule has 0 unspecified atom stereocenters. The third-order valence-corrected chi connectivity index (χ3v) is 15.3. The molecule has 122 valence electrons. The molecular weight excluding hydrogens is 405 g/mol. The van der Waals surface area contributed by atoms with Crippen molar-refractivity contribution in [1.82, 2.24) is 6.15 Å². The van der Waals surface area contributed by atoms with Crippen LogP contribution < -0.4 is 16.9 Å². The Morgan fingerprint density at radius 3 is 1.21 bits per heavy atom. The van der Waals surface area contributed by atoms with Gasteiger partial charge in [-0.25, -0.2) is 0 Å². The molecule has 0 bridgehead atoms. The van der Waals surface area contributed by atoms with E-state index in [2.05, 4.69) is 36.4 Å². The monoisotopic (exact) mass is 427 g/mol. The maximum atomic E-state index is 12.0. The summed E-state index contributed by atoms with van der Waals surface area (Å²) in [5.74, 6) is -0.225. The van der Waals surface area contributed by atoms with Gasteiger partial charge in [-0.3, -0.25) is 0 Å². The van der Waals surface area contributed by atoms with Gasteiger partial charge in [-0.2, -0.15) is 0 Å². The van der Waals surface area contributed by atoms with Crippen molar-refractivity contribution in [1.29, 1.82) is 0 Å². The molecule has 3 rings (SSSR count). The first-order valence-electron chi connectivity index (χ1n) is 7.59. The molecule has 0 atom stereocenters. The van der Waals surface area contributed by atoms with Crippen LogP contribution in [0, 0.1) is 0 Å². The molecule has 0 aliphatic rings. The summed E-state index contributed by atoms with van der Waals surface area (Å²) in [5, 5.41) is 0. The first-order chi connectivity index (χ1) is 11.2. The molecule has 0 spiro atoms. The van der Waals surface area contributed by atoms with Crippen molar-refractivity contribution in [3.8, 4) is 0 Å². The molecule has 3 N–H and O–H groups in total. The SMILES string of the molecule is CC(=O)[O][Sn]([c]1ccccc1)([c]1ccccc1)[c]1ccccc1.N. The van der Waals surface area contributed by atoms with Gasteiger partial charge in [0.15, 0.2) is 0 Å². The molecule has 0 aliphatic carbocycles. The number of hydrogen-bond acceptors (Lipinski definition) is 3. The minimum absolute atomic E-state index is 0. The first-order valence-corrected chi connectivity index (χ1v) is 13.0. The second-order valence-corrected chi connectivity index (χ2v) is 14.8. The Morgan fingerprint density at radius 1 is 0.667 bits per heavy atom. The number of carbonyl (C=O) groups excluding carboxylic acids is 1. The summed E-state index contributed by atoms with van der Waals surface area (Å²) in [4.78, 5) is 12.0. The average Bonchev–Trinajstić information content (AvgIpc) is 2.62. The summed E-state index contributed by atoms with van der Waals surface area (Å²) in [6, 6.07) is 30.5. The molecular formula is C20H21NO2Sn. The molecule has 0 amide bonds. The maximum Gasteiger partial charge on any atom is -0.344 e. The normalized spacial score (nSPS) is 10.5. The van der Waals surface area contributed by atoms with Crippen LogP contribution in [0.4, 0.5) is 0 Å². The Balaban J connectivity index is 0.00000208. The summed E-state index contributed by atoms with van der Waals surface area (Å²) in [7, 11) is 0. The Labute approximate surface area is 147 Å². The summed E-state index contributed by atoms with van der Waals surface area (Å²) in [6.45, 7) is 1.50. The fraction of sp³-hybridized carbons (Fsp3) is 0.0500. The summed E-state index contributed by atoms with van der Waals surface area (Å²) in [5.41, 5.74) is 0. The van der Waals surface area contributed by atoms with E-state index in [0.717, 1.165) is 10.7 Å². The molecule has 0 heterocycles. The number of benzene rings is 3. The second kappa shape index (κ2) is 8.13. The molecule has 3 aromatic rings. The standard InChI is InChI=1S/3C6H5.C2H4O2.H3N.Sn/c3*1-2-4-6-5-3-1;1-2(3)4;;/h3*1-5H;1H3,(H,3,4);1H3;/q;;;;;+1/p-1. The zero-order valence-corrected chi connectivity index (χ0v) is 16.5. The number of carbonyl (C=O) groups is 1. The molecule has 0 saturated carbocycles. The molecule has 0 aromatic heterocycles. The average molecular weight is 426 g/mol. The van der Waals surface area contributed by atoms with E-state index >= 15 is 0 Å². The van der Waals surface area contributed by atoms with E-state index in [1.807, 2.05) is 54.6 Å². The number of hydrogen-bond donors (Lipinski definition) is 1. The van der Waals surface area contributed by atoms with Crippen molar-refractivity contribution >= 4 is 35.5 Å². The minimum atomic E-state index is -3.80. The zero-order chi connectivity index (χ0) is 16.1. The van der Waals surface area contributed by atoms with Crippen molar-refractivity contribution in [2.75, 3.05) is 0 Å². The maximum absolute atomic E-state index is 12.0. The summed E-state index contributed by atoms with van der Waals surface area (Å²) < 4.78 is 9.57. The first kappa shape index (κ1) is 18.2. The molecule has 0 fully saturated rings. The zero-order valence-electron chi connectivity index (χ0n) is 13.7. The third-order valence-electron chi connectivity index (χ3n) is 3.84. The van der Waals surface area contributed by atoms with Crippen LogP contribution in [0.5, 0.6) is 0 Å². The van der Waals surface area contributed by atoms with Crippen LogP contribution in [0.15, 0.2) is 91.0 Å². The van der Waals surface area contributed by atoms with Crippen LogP contribution >= 0.6 is 0 Å². The van der Waals surface area contributed by atoms with E-state index in [-0.39, 0.29) is 12.1 Å². The van der Waals surface area contributed by atoms with Crippen LogP contribution in [-0.4, -0.2) is 24.8 Å². The van der Waals surface area contributed by atoms with Crippen LogP contribution in [0.2, 0.25) is 0 Å². The van der Waals surface area contributed by atoms with Gasteiger partial charge in [0.2, 0.25) is 0 Å². The Hall–Kier alpha value is -2.11. The Bertz CT molecular complexity index is 680. The van der Waals surface area contributed by atoms with Crippen molar-refractivity contribution in [3.63, 3.8) is 0 Å². The van der Waals surface area contributed by atoms with Gasteiger partial charge >= 0.3 is 141 Å². The predicted octanol–water partition coefficient (Wildman–Crippen LogP) is 2.38. The van der Waals surface area contributed by atoms with Gasteiger partial charge in [-0.15, -0.1) is 0 Å². The molecule has 3 aromatic carbocycles. The third kappa shape index (κ3) is 3.52. The van der Waals surface area contributed by atoms with Gasteiger partial charge in [0.05, 0.1) is 0 Å². The Kier molecular flexibility index (Phi) is 6.17. The van der Waals surface area contributed by atoms with Crippen LogP contribution in [-0.2, 0) is 7.87 Å². The van der Waals surface area contributed by atoms with Gasteiger partial charge in [0, 0.05) is 0 Å². The van der Waals surface area contributed by atoms with E-state index in [1.54, 1.807) is 0 Å². The molecule has 0 radical (unpaired) electrons. The summed E-state index contributed by atoms with van der Waals surface area (Å²) in [6.07, 6.45) is 0.